The van der Waals surface area contributed by atoms with Crippen molar-refractivity contribution in [3.63, 3.8) is 0 Å². The van der Waals surface area contributed by atoms with Crippen LogP contribution < -0.4 is 10.1 Å². The van der Waals surface area contributed by atoms with Crippen LogP contribution in [0.1, 0.15) is 63.1 Å². The van der Waals surface area contributed by atoms with E-state index in [4.69, 9.17) is 4.74 Å². The van der Waals surface area contributed by atoms with Gasteiger partial charge in [-0.2, -0.15) is 0 Å². The van der Waals surface area contributed by atoms with Crippen LogP contribution in [0.4, 0.5) is 0 Å². The van der Waals surface area contributed by atoms with Crippen molar-refractivity contribution in [1.29, 1.82) is 0 Å². The van der Waals surface area contributed by atoms with Crippen LogP contribution in [-0.4, -0.2) is 20.2 Å². The molecule has 1 N–H and O–H groups in total. The van der Waals surface area contributed by atoms with Gasteiger partial charge in [-0.1, -0.05) is 39.8 Å². The minimum Gasteiger partial charge on any atom is -0.496 e. The molecule has 1 heterocycles. The van der Waals surface area contributed by atoms with Gasteiger partial charge in [0.25, 0.3) is 0 Å². The van der Waals surface area contributed by atoms with Gasteiger partial charge in [0.1, 0.15) is 5.75 Å². The fourth-order valence-electron chi connectivity index (χ4n) is 3.14. The molecule has 2 nitrogen and oxygen atoms in total. The summed E-state index contributed by atoms with van der Waals surface area (Å²) in [6.45, 7) is 11.3. The second-order valence-electron chi connectivity index (χ2n) is 6.89. The number of piperidine rings is 1. The normalized spacial score (nSPS) is 17.2. The Morgan fingerprint density at radius 3 is 2.35 bits per heavy atom. The Morgan fingerprint density at radius 1 is 1.20 bits per heavy atom. The van der Waals surface area contributed by atoms with Gasteiger partial charge in [-0.25, -0.2) is 0 Å². The zero-order chi connectivity index (χ0) is 14.8. The molecule has 2 heteroatoms. The summed E-state index contributed by atoms with van der Waals surface area (Å²) in [5, 5.41) is 3.45. The van der Waals surface area contributed by atoms with Crippen molar-refractivity contribution in [3.8, 4) is 5.75 Å². The third-order valence-electron chi connectivity index (χ3n) is 4.38. The molecule has 1 fully saturated rings. The van der Waals surface area contributed by atoms with Gasteiger partial charge in [-0.05, 0) is 54.8 Å². The van der Waals surface area contributed by atoms with Gasteiger partial charge in [-0.15, -0.1) is 0 Å². The number of benzene rings is 1. The third kappa shape index (κ3) is 3.17. The summed E-state index contributed by atoms with van der Waals surface area (Å²) in [5.74, 6) is 1.76. The van der Waals surface area contributed by atoms with Gasteiger partial charge < -0.3 is 10.1 Å². The minimum absolute atomic E-state index is 0.123. The van der Waals surface area contributed by atoms with Gasteiger partial charge in [0.2, 0.25) is 0 Å². The second-order valence-corrected chi connectivity index (χ2v) is 6.89. The third-order valence-corrected chi connectivity index (χ3v) is 4.38. The zero-order valence-corrected chi connectivity index (χ0v) is 13.7. The fraction of sp³-hybridized carbons (Fsp3) is 0.667. The number of nitrogens with one attached hydrogen (secondary N) is 1. The molecule has 1 saturated heterocycles. The average Bonchev–Trinajstić information content (AvgIpc) is 2.45. The molecule has 1 aromatic rings. The lowest BCUT2D eigenvalue weighted by molar-refractivity contribution is 0.377. The Balaban J connectivity index is 2.53. The van der Waals surface area contributed by atoms with Crippen LogP contribution in [0.25, 0.3) is 0 Å². The SMILES string of the molecule is CCc1cc(C2CCNCC2)c(OC)c(C(C)(C)C)c1. The summed E-state index contributed by atoms with van der Waals surface area (Å²) in [7, 11) is 1.82. The summed E-state index contributed by atoms with van der Waals surface area (Å²) in [6, 6.07) is 4.72. The smallest absolute Gasteiger partial charge is 0.126 e. The monoisotopic (exact) mass is 275 g/mol. The number of rotatable bonds is 3. The molecule has 1 aliphatic heterocycles. The lowest BCUT2D eigenvalue weighted by Gasteiger charge is -2.30. The van der Waals surface area contributed by atoms with Crippen molar-refractivity contribution in [2.24, 2.45) is 0 Å². The van der Waals surface area contributed by atoms with Gasteiger partial charge in [0.15, 0.2) is 0 Å². The highest BCUT2D eigenvalue weighted by atomic mass is 16.5. The maximum Gasteiger partial charge on any atom is 0.126 e. The van der Waals surface area contributed by atoms with E-state index in [2.05, 4.69) is 45.1 Å². The van der Waals surface area contributed by atoms with Crippen LogP contribution in [0.2, 0.25) is 0 Å². The van der Waals surface area contributed by atoms with Gasteiger partial charge in [0.05, 0.1) is 7.11 Å². The van der Waals surface area contributed by atoms with E-state index in [9.17, 15) is 0 Å². The predicted molar refractivity (Wildman–Crippen MR) is 85.9 cm³/mol. The topological polar surface area (TPSA) is 21.3 Å². The number of hydrogen-bond acceptors (Lipinski definition) is 2. The summed E-state index contributed by atoms with van der Waals surface area (Å²) in [6.07, 6.45) is 3.52. The summed E-state index contributed by atoms with van der Waals surface area (Å²) in [4.78, 5) is 0. The molecule has 20 heavy (non-hydrogen) atoms. The van der Waals surface area contributed by atoms with Crippen molar-refractivity contribution < 1.29 is 4.74 Å². The van der Waals surface area contributed by atoms with Crippen molar-refractivity contribution in [2.75, 3.05) is 20.2 Å². The lowest BCUT2D eigenvalue weighted by atomic mass is 9.80. The molecule has 1 aliphatic rings. The molecule has 112 valence electrons. The first kappa shape index (κ1) is 15.4. The van der Waals surface area contributed by atoms with Gasteiger partial charge in [0, 0.05) is 5.56 Å². The van der Waals surface area contributed by atoms with Crippen molar-refractivity contribution in [1.82, 2.24) is 5.32 Å². The quantitative estimate of drug-likeness (QED) is 0.899. The molecule has 1 aromatic carbocycles. The predicted octanol–water partition coefficient (Wildman–Crippen LogP) is 4.02. The number of ether oxygens (including phenoxy) is 1. The Labute approximate surface area is 123 Å². The van der Waals surface area contributed by atoms with Crippen LogP contribution in [-0.2, 0) is 11.8 Å². The molecule has 2 rings (SSSR count). The van der Waals surface area contributed by atoms with E-state index in [0.29, 0.717) is 5.92 Å². The molecular weight excluding hydrogens is 246 g/mol. The maximum atomic E-state index is 5.84. The van der Waals surface area contributed by atoms with E-state index in [0.717, 1.165) is 25.3 Å². The second kappa shape index (κ2) is 6.17. The van der Waals surface area contributed by atoms with E-state index in [-0.39, 0.29) is 5.41 Å². The minimum atomic E-state index is 0.123. The summed E-state index contributed by atoms with van der Waals surface area (Å²) in [5.41, 5.74) is 4.34. The largest absolute Gasteiger partial charge is 0.496 e. The van der Waals surface area contributed by atoms with E-state index in [1.807, 2.05) is 7.11 Å². The molecule has 0 saturated carbocycles. The molecule has 0 aromatic heterocycles. The van der Waals surface area contributed by atoms with E-state index in [1.54, 1.807) is 0 Å². The van der Waals surface area contributed by atoms with Crippen LogP contribution in [0.5, 0.6) is 5.75 Å². The molecule has 0 spiro atoms. The Bertz CT molecular complexity index is 453. The molecule has 0 aliphatic carbocycles. The van der Waals surface area contributed by atoms with Crippen LogP contribution in [0, 0.1) is 0 Å². The Hall–Kier alpha value is -1.02. The van der Waals surface area contributed by atoms with Gasteiger partial charge >= 0.3 is 0 Å². The zero-order valence-electron chi connectivity index (χ0n) is 13.7. The van der Waals surface area contributed by atoms with Crippen LogP contribution >= 0.6 is 0 Å². The summed E-state index contributed by atoms with van der Waals surface area (Å²) >= 11 is 0. The van der Waals surface area contributed by atoms with Crippen LogP contribution in [0.3, 0.4) is 0 Å². The molecule has 0 unspecified atom stereocenters. The number of methoxy groups -OCH3 is 1. The highest BCUT2D eigenvalue weighted by molar-refractivity contribution is 5.49. The standard InChI is InChI=1S/C18H29NO/c1-6-13-11-15(14-7-9-19-10-8-14)17(20-5)16(12-13)18(2,3)4/h11-12,14,19H,6-10H2,1-5H3. The fourth-order valence-corrected chi connectivity index (χ4v) is 3.14. The van der Waals surface area contributed by atoms with Crippen molar-refractivity contribution in [2.45, 2.75) is 58.3 Å². The molecule has 0 amide bonds. The van der Waals surface area contributed by atoms with E-state index < -0.39 is 0 Å². The highest BCUT2D eigenvalue weighted by Gasteiger charge is 2.26. The van der Waals surface area contributed by atoms with Gasteiger partial charge in [-0.3, -0.25) is 0 Å². The molecule has 0 atom stereocenters. The first-order valence-corrected chi connectivity index (χ1v) is 7.89. The average molecular weight is 275 g/mol. The maximum absolute atomic E-state index is 5.84. The van der Waals surface area contributed by atoms with E-state index >= 15 is 0 Å². The molecule has 0 bridgehead atoms. The number of aryl methyl sites for hydroxylation is 1. The molecular formula is C18H29NO. The summed E-state index contributed by atoms with van der Waals surface area (Å²) < 4.78 is 5.84. The van der Waals surface area contributed by atoms with Crippen molar-refractivity contribution in [3.05, 3.63) is 28.8 Å². The van der Waals surface area contributed by atoms with Crippen molar-refractivity contribution >= 4 is 0 Å². The number of hydrogen-bond donors (Lipinski definition) is 1. The van der Waals surface area contributed by atoms with E-state index in [1.165, 1.54) is 29.5 Å². The lowest BCUT2D eigenvalue weighted by Crippen LogP contribution is -2.27. The molecule has 0 radical (unpaired) electrons. The first-order chi connectivity index (χ1) is 9.47. The van der Waals surface area contributed by atoms with Crippen LogP contribution in [0.15, 0.2) is 12.1 Å². The Morgan fingerprint density at radius 2 is 1.85 bits per heavy atom. The first-order valence-electron chi connectivity index (χ1n) is 7.89. The highest BCUT2D eigenvalue weighted by Crippen LogP contribution is 2.40. The Kier molecular flexibility index (Phi) is 4.74.